The van der Waals surface area contributed by atoms with Crippen molar-refractivity contribution in [1.29, 1.82) is 0 Å². The van der Waals surface area contributed by atoms with E-state index in [9.17, 15) is 0 Å². The van der Waals surface area contributed by atoms with Gasteiger partial charge in [0.15, 0.2) is 5.52 Å². The summed E-state index contributed by atoms with van der Waals surface area (Å²) in [5, 5.41) is 6.32. The zero-order chi connectivity index (χ0) is 20.7. The van der Waals surface area contributed by atoms with Crippen LogP contribution in [-0.4, -0.2) is 36.4 Å². The Morgan fingerprint density at radius 2 is 1.58 bits per heavy atom. The fourth-order valence-electron chi connectivity index (χ4n) is 4.29. The third kappa shape index (κ3) is 3.95. The predicted octanol–water partition coefficient (Wildman–Crippen LogP) is 1.42. The van der Waals surface area contributed by atoms with E-state index in [1.165, 1.54) is 16.3 Å². The Bertz CT molecular complexity index is 1190. The molecule has 3 heterocycles. The Morgan fingerprint density at radius 3 is 2.29 bits per heavy atom. The van der Waals surface area contributed by atoms with Gasteiger partial charge in [-0.05, 0) is 44.4 Å². The zero-order valence-electron chi connectivity index (χ0n) is 18.3. The SMILES string of the molecule is CC(C)(C)Nc1c2c3ccccc3cc[n+]2c(N2CCOCC2)n1-c1ccccc1.[Cl-]. The Hall–Kier alpha value is -2.76. The first-order valence-electron chi connectivity index (χ1n) is 10.7. The number of aromatic nitrogens is 2. The Morgan fingerprint density at radius 1 is 0.903 bits per heavy atom. The monoisotopic (exact) mass is 436 g/mol. The van der Waals surface area contributed by atoms with E-state index < -0.39 is 0 Å². The Kier molecular flexibility index (Phi) is 5.82. The molecule has 5 rings (SSSR count). The van der Waals surface area contributed by atoms with Crippen LogP contribution in [-0.2, 0) is 4.74 Å². The number of hydrogen-bond acceptors (Lipinski definition) is 3. The number of benzene rings is 2. The quantitative estimate of drug-likeness (QED) is 0.493. The minimum Gasteiger partial charge on any atom is -1.00 e. The second-order valence-electron chi connectivity index (χ2n) is 8.92. The van der Waals surface area contributed by atoms with Crippen LogP contribution in [0, 0.1) is 0 Å². The number of fused-ring (bicyclic) bond motifs is 3. The van der Waals surface area contributed by atoms with Gasteiger partial charge in [0, 0.05) is 10.9 Å². The molecule has 0 unspecified atom stereocenters. The van der Waals surface area contributed by atoms with Crippen LogP contribution in [0.5, 0.6) is 0 Å². The van der Waals surface area contributed by atoms with Crippen molar-refractivity contribution in [2.45, 2.75) is 26.3 Å². The van der Waals surface area contributed by atoms with Crippen LogP contribution in [0.25, 0.3) is 22.0 Å². The highest BCUT2D eigenvalue weighted by Gasteiger charge is 2.34. The molecule has 1 N–H and O–H groups in total. The highest BCUT2D eigenvalue weighted by Crippen LogP contribution is 2.34. The van der Waals surface area contributed by atoms with E-state index in [0.717, 1.165) is 43.8 Å². The summed E-state index contributed by atoms with van der Waals surface area (Å²) < 4.78 is 10.4. The summed E-state index contributed by atoms with van der Waals surface area (Å²) in [6.45, 7) is 9.89. The number of hydrogen-bond donors (Lipinski definition) is 1. The number of pyridine rings is 1. The van der Waals surface area contributed by atoms with Gasteiger partial charge in [-0.3, -0.25) is 4.90 Å². The van der Waals surface area contributed by atoms with Crippen molar-refractivity contribution >= 4 is 28.1 Å². The molecule has 0 aliphatic carbocycles. The van der Waals surface area contributed by atoms with Gasteiger partial charge in [-0.2, -0.15) is 8.97 Å². The first kappa shape index (κ1) is 21.5. The molecule has 1 aliphatic heterocycles. The molecule has 0 radical (unpaired) electrons. The molecule has 0 atom stereocenters. The summed E-state index contributed by atoms with van der Waals surface area (Å²) in [7, 11) is 0. The fraction of sp³-hybridized carbons (Fsp3) is 0.320. The van der Waals surface area contributed by atoms with Crippen molar-refractivity contribution in [1.82, 2.24) is 4.57 Å². The molecule has 0 bridgehead atoms. The van der Waals surface area contributed by atoms with Crippen molar-refractivity contribution in [3.05, 3.63) is 66.9 Å². The van der Waals surface area contributed by atoms with Gasteiger partial charge in [0.1, 0.15) is 5.69 Å². The maximum atomic E-state index is 5.66. The van der Waals surface area contributed by atoms with Crippen LogP contribution < -0.4 is 27.0 Å². The molecule has 0 amide bonds. The Labute approximate surface area is 189 Å². The van der Waals surface area contributed by atoms with Gasteiger partial charge in [-0.1, -0.05) is 42.5 Å². The van der Waals surface area contributed by atoms with Gasteiger partial charge < -0.3 is 22.5 Å². The lowest BCUT2D eigenvalue weighted by Gasteiger charge is -2.24. The first-order valence-corrected chi connectivity index (χ1v) is 10.7. The van der Waals surface area contributed by atoms with Gasteiger partial charge in [-0.25, -0.2) is 0 Å². The first-order chi connectivity index (χ1) is 14.5. The molecule has 6 heteroatoms. The highest BCUT2D eigenvalue weighted by atomic mass is 35.5. The van der Waals surface area contributed by atoms with E-state index in [-0.39, 0.29) is 17.9 Å². The largest absolute Gasteiger partial charge is 1.00 e. The number of anilines is 2. The average molecular weight is 437 g/mol. The molecule has 31 heavy (non-hydrogen) atoms. The van der Waals surface area contributed by atoms with Crippen molar-refractivity contribution in [2.75, 3.05) is 36.5 Å². The average Bonchev–Trinajstić information content (AvgIpc) is 3.08. The second-order valence-corrected chi connectivity index (χ2v) is 8.92. The van der Waals surface area contributed by atoms with E-state index in [2.05, 4.69) is 107 Å². The fourth-order valence-corrected chi connectivity index (χ4v) is 4.29. The maximum Gasteiger partial charge on any atom is 0.371 e. The molecule has 2 aromatic heterocycles. The minimum atomic E-state index is -0.0857. The standard InChI is InChI=1S/C25H29N4O.ClH/c1-25(2,3)26-23-22-21-12-8-7-9-19(21)13-14-28(22)24(27-15-17-30-18-16-27)29(23)20-10-5-4-6-11-20;/h4-14,26H,15-18H2,1-3H3;1H/q+1;/p-1. The summed E-state index contributed by atoms with van der Waals surface area (Å²) in [6.07, 6.45) is 2.20. The number of halogens is 1. The van der Waals surface area contributed by atoms with Gasteiger partial charge in [0.25, 0.3) is 0 Å². The summed E-state index contributed by atoms with van der Waals surface area (Å²) in [5.41, 5.74) is 2.27. The van der Waals surface area contributed by atoms with Gasteiger partial charge >= 0.3 is 5.95 Å². The molecular weight excluding hydrogens is 408 g/mol. The van der Waals surface area contributed by atoms with Gasteiger partial charge in [-0.15, -0.1) is 0 Å². The van der Waals surface area contributed by atoms with Crippen LogP contribution in [0.1, 0.15) is 20.8 Å². The van der Waals surface area contributed by atoms with Crippen molar-refractivity contribution in [2.24, 2.45) is 0 Å². The van der Waals surface area contributed by atoms with Crippen molar-refractivity contribution < 1.29 is 21.5 Å². The normalized spacial score (nSPS) is 14.6. The van der Waals surface area contributed by atoms with Gasteiger partial charge in [0.2, 0.25) is 5.82 Å². The van der Waals surface area contributed by atoms with E-state index in [1.807, 2.05) is 0 Å². The molecule has 1 saturated heterocycles. The molecule has 1 aliphatic rings. The number of ether oxygens (including phenoxy) is 1. The molecule has 0 saturated carbocycles. The number of nitrogens with one attached hydrogen (secondary N) is 1. The molecule has 0 spiro atoms. The lowest BCUT2D eigenvalue weighted by Crippen LogP contribution is -3.00. The number of imidazole rings is 1. The predicted molar refractivity (Wildman–Crippen MR) is 123 cm³/mol. The zero-order valence-corrected chi connectivity index (χ0v) is 19.1. The minimum absolute atomic E-state index is 0. The lowest BCUT2D eigenvalue weighted by molar-refractivity contribution is -0.496. The van der Waals surface area contributed by atoms with Crippen LogP contribution in [0.3, 0.4) is 0 Å². The van der Waals surface area contributed by atoms with Crippen molar-refractivity contribution in [3.8, 4) is 5.69 Å². The maximum absolute atomic E-state index is 5.66. The number of rotatable bonds is 3. The van der Waals surface area contributed by atoms with Crippen LogP contribution >= 0.6 is 0 Å². The summed E-state index contributed by atoms with van der Waals surface area (Å²) in [5.74, 6) is 2.28. The molecule has 2 aromatic carbocycles. The van der Waals surface area contributed by atoms with Crippen LogP contribution in [0.15, 0.2) is 66.9 Å². The van der Waals surface area contributed by atoms with E-state index in [4.69, 9.17) is 4.74 Å². The lowest BCUT2D eigenvalue weighted by atomic mass is 10.1. The van der Waals surface area contributed by atoms with E-state index in [0.29, 0.717) is 0 Å². The molecule has 1 fully saturated rings. The second kappa shape index (κ2) is 8.40. The van der Waals surface area contributed by atoms with E-state index >= 15 is 0 Å². The number of nitrogens with zero attached hydrogens (tertiary/aromatic N) is 3. The van der Waals surface area contributed by atoms with E-state index in [1.54, 1.807) is 0 Å². The van der Waals surface area contributed by atoms with Crippen LogP contribution in [0.4, 0.5) is 11.8 Å². The molecule has 162 valence electrons. The third-order valence-electron chi connectivity index (χ3n) is 5.53. The summed E-state index contributed by atoms with van der Waals surface area (Å²) in [6, 6.07) is 21.5. The number of para-hydroxylation sites is 1. The smallest absolute Gasteiger partial charge is 0.371 e. The summed E-state index contributed by atoms with van der Waals surface area (Å²) in [4.78, 5) is 2.44. The summed E-state index contributed by atoms with van der Waals surface area (Å²) >= 11 is 0. The number of morpholine rings is 1. The Balaban J connectivity index is 0.00000231. The van der Waals surface area contributed by atoms with Crippen molar-refractivity contribution in [3.63, 3.8) is 0 Å². The van der Waals surface area contributed by atoms with Gasteiger partial charge in [0.05, 0.1) is 32.5 Å². The highest BCUT2D eigenvalue weighted by molar-refractivity contribution is 5.99. The third-order valence-corrected chi connectivity index (χ3v) is 5.53. The molecule has 5 nitrogen and oxygen atoms in total. The topological polar surface area (TPSA) is 33.5 Å². The molecular formula is C25H29ClN4O. The molecule has 4 aromatic rings. The van der Waals surface area contributed by atoms with Crippen LogP contribution in [0.2, 0.25) is 0 Å².